The maximum Gasteiger partial charge on any atom is 0.133 e. The number of pyridine rings is 1. The lowest BCUT2D eigenvalue weighted by Gasteiger charge is -2.18. The van der Waals surface area contributed by atoms with E-state index in [-0.39, 0.29) is 5.41 Å². The highest BCUT2D eigenvalue weighted by Crippen LogP contribution is 2.48. The van der Waals surface area contributed by atoms with Gasteiger partial charge in [-0.1, -0.05) is 42.5 Å². The maximum atomic E-state index is 9.25. The lowest BCUT2D eigenvalue weighted by Crippen LogP contribution is -2.20. The molecule has 4 rings (SSSR count). The Morgan fingerprint density at radius 3 is 2.57 bits per heavy atom. The van der Waals surface area contributed by atoms with E-state index in [1.165, 1.54) is 18.4 Å². The summed E-state index contributed by atoms with van der Waals surface area (Å²) in [7, 11) is 0. The second kappa shape index (κ2) is 5.40. The largest absolute Gasteiger partial charge is 0.369 e. The molecular formula is C20H17N3. The number of aromatic nitrogens is 1. The molecule has 1 aliphatic rings. The van der Waals surface area contributed by atoms with Crippen LogP contribution in [0.25, 0.3) is 10.8 Å². The first-order valence-electron chi connectivity index (χ1n) is 7.90. The van der Waals surface area contributed by atoms with E-state index in [0.717, 1.165) is 23.1 Å². The smallest absolute Gasteiger partial charge is 0.133 e. The molecule has 3 nitrogen and oxygen atoms in total. The maximum absolute atomic E-state index is 9.25. The van der Waals surface area contributed by atoms with Gasteiger partial charge in [-0.3, -0.25) is 0 Å². The summed E-state index contributed by atoms with van der Waals surface area (Å²) in [6.45, 7) is 0.875. The minimum Gasteiger partial charge on any atom is -0.369 e. The van der Waals surface area contributed by atoms with Crippen molar-refractivity contribution in [2.45, 2.75) is 18.3 Å². The highest BCUT2D eigenvalue weighted by molar-refractivity contribution is 5.95. The van der Waals surface area contributed by atoms with Crippen molar-refractivity contribution in [2.75, 3.05) is 11.9 Å². The van der Waals surface area contributed by atoms with Gasteiger partial charge in [-0.05, 0) is 30.5 Å². The van der Waals surface area contributed by atoms with Crippen molar-refractivity contribution in [1.29, 1.82) is 5.26 Å². The van der Waals surface area contributed by atoms with Crippen LogP contribution < -0.4 is 5.32 Å². The van der Waals surface area contributed by atoms with Crippen LogP contribution in [0.15, 0.2) is 60.8 Å². The van der Waals surface area contributed by atoms with E-state index in [1.807, 2.05) is 24.3 Å². The van der Waals surface area contributed by atoms with E-state index in [1.54, 1.807) is 6.20 Å². The van der Waals surface area contributed by atoms with Crippen LogP contribution in [0.1, 0.15) is 24.0 Å². The Balaban J connectivity index is 1.63. The average molecular weight is 299 g/mol. The van der Waals surface area contributed by atoms with E-state index in [9.17, 15) is 5.26 Å². The lowest BCUT2D eigenvalue weighted by molar-refractivity contribution is 0.731. The summed E-state index contributed by atoms with van der Waals surface area (Å²) in [5.41, 5.74) is 2.32. The molecule has 1 aliphatic carbocycles. The van der Waals surface area contributed by atoms with E-state index < -0.39 is 0 Å². The summed E-state index contributed by atoms with van der Waals surface area (Å²) in [5.74, 6) is 0.863. The number of fused-ring (bicyclic) bond motifs is 1. The van der Waals surface area contributed by atoms with E-state index in [2.05, 4.69) is 46.7 Å². The first kappa shape index (κ1) is 13.8. The van der Waals surface area contributed by atoms with Crippen molar-refractivity contribution in [1.82, 2.24) is 4.98 Å². The molecule has 0 saturated heterocycles. The zero-order valence-electron chi connectivity index (χ0n) is 12.8. The highest BCUT2D eigenvalue weighted by atomic mass is 15.0. The summed E-state index contributed by atoms with van der Waals surface area (Å²) in [5, 5.41) is 14.7. The highest BCUT2D eigenvalue weighted by Gasteiger charge is 2.43. The quantitative estimate of drug-likeness (QED) is 0.783. The van der Waals surface area contributed by atoms with Gasteiger partial charge in [0.1, 0.15) is 5.82 Å². The third-order valence-electron chi connectivity index (χ3n) is 4.76. The Labute approximate surface area is 135 Å². The molecule has 3 aromatic rings. The zero-order chi connectivity index (χ0) is 15.7. The van der Waals surface area contributed by atoms with Gasteiger partial charge in [0.05, 0.1) is 11.6 Å². The monoisotopic (exact) mass is 299 g/mol. The van der Waals surface area contributed by atoms with Crippen molar-refractivity contribution < 1.29 is 0 Å². The van der Waals surface area contributed by atoms with Crippen LogP contribution >= 0.6 is 0 Å². The Bertz CT molecular complexity index is 890. The molecule has 1 fully saturated rings. The first-order valence-corrected chi connectivity index (χ1v) is 7.90. The van der Waals surface area contributed by atoms with Crippen molar-refractivity contribution in [3.05, 3.63) is 71.9 Å². The Morgan fingerprint density at radius 2 is 1.83 bits per heavy atom. The molecule has 0 bridgehead atoms. The van der Waals surface area contributed by atoms with E-state index in [0.29, 0.717) is 5.56 Å². The minimum absolute atomic E-state index is 0.234. The van der Waals surface area contributed by atoms with Gasteiger partial charge in [-0.2, -0.15) is 5.26 Å². The number of nitrogens with zero attached hydrogens (tertiary/aromatic N) is 2. The van der Waals surface area contributed by atoms with Gasteiger partial charge in [0, 0.05) is 28.9 Å². The van der Waals surface area contributed by atoms with Gasteiger partial charge in [0.25, 0.3) is 0 Å². The van der Waals surface area contributed by atoms with Gasteiger partial charge in [0.15, 0.2) is 0 Å². The second-order valence-electron chi connectivity index (χ2n) is 6.17. The predicted molar refractivity (Wildman–Crippen MR) is 92.3 cm³/mol. The van der Waals surface area contributed by atoms with Gasteiger partial charge in [0.2, 0.25) is 0 Å². The Kier molecular flexibility index (Phi) is 3.24. The normalized spacial score (nSPS) is 15.1. The summed E-state index contributed by atoms with van der Waals surface area (Å²) in [4.78, 5) is 4.49. The molecule has 2 aromatic carbocycles. The van der Waals surface area contributed by atoms with Crippen molar-refractivity contribution >= 4 is 16.6 Å². The molecule has 23 heavy (non-hydrogen) atoms. The van der Waals surface area contributed by atoms with E-state index in [4.69, 9.17) is 0 Å². The molecule has 0 unspecified atom stereocenters. The third-order valence-corrected chi connectivity index (χ3v) is 4.76. The number of rotatable bonds is 4. The molecule has 112 valence electrons. The number of hydrogen-bond donors (Lipinski definition) is 1. The number of benzene rings is 2. The Hall–Kier alpha value is -2.86. The van der Waals surface area contributed by atoms with Crippen molar-refractivity contribution in [2.24, 2.45) is 0 Å². The molecule has 1 heterocycles. The minimum atomic E-state index is 0.234. The molecule has 0 spiro atoms. The van der Waals surface area contributed by atoms with Crippen LogP contribution in [0.3, 0.4) is 0 Å². The van der Waals surface area contributed by atoms with Crippen molar-refractivity contribution in [3.8, 4) is 6.07 Å². The molecule has 0 aliphatic heterocycles. The van der Waals surface area contributed by atoms with Crippen LogP contribution in [0.5, 0.6) is 0 Å². The van der Waals surface area contributed by atoms with Gasteiger partial charge >= 0.3 is 0 Å². The molecule has 0 atom stereocenters. The van der Waals surface area contributed by atoms with Gasteiger partial charge in [-0.25, -0.2) is 4.98 Å². The SMILES string of the molecule is N#Cc1cccc2c(NCC3(c4ccccc4)CC3)nccc12. The predicted octanol–water partition coefficient (Wildman–Crippen LogP) is 4.25. The molecule has 3 heteroatoms. The van der Waals surface area contributed by atoms with Gasteiger partial charge in [-0.15, -0.1) is 0 Å². The summed E-state index contributed by atoms with van der Waals surface area (Å²) in [6.07, 6.45) is 4.18. The Morgan fingerprint density at radius 1 is 1.00 bits per heavy atom. The fourth-order valence-electron chi connectivity index (χ4n) is 3.21. The number of nitriles is 1. The van der Waals surface area contributed by atoms with Crippen LogP contribution in [-0.2, 0) is 5.41 Å². The molecular weight excluding hydrogens is 282 g/mol. The fraction of sp³-hybridized carbons (Fsp3) is 0.200. The van der Waals surface area contributed by atoms with Crippen LogP contribution in [-0.4, -0.2) is 11.5 Å². The topological polar surface area (TPSA) is 48.7 Å². The zero-order valence-corrected chi connectivity index (χ0v) is 12.8. The van der Waals surface area contributed by atoms with Crippen LogP contribution in [0, 0.1) is 11.3 Å². The summed E-state index contributed by atoms with van der Waals surface area (Å²) < 4.78 is 0. The van der Waals surface area contributed by atoms with Gasteiger partial charge < -0.3 is 5.32 Å². The number of hydrogen-bond acceptors (Lipinski definition) is 3. The number of nitrogens with one attached hydrogen (secondary N) is 1. The molecule has 1 aromatic heterocycles. The second-order valence-corrected chi connectivity index (χ2v) is 6.17. The third kappa shape index (κ3) is 2.43. The summed E-state index contributed by atoms with van der Waals surface area (Å²) in [6, 6.07) is 20.6. The van der Waals surface area contributed by atoms with E-state index >= 15 is 0 Å². The number of anilines is 1. The van der Waals surface area contributed by atoms with Crippen molar-refractivity contribution in [3.63, 3.8) is 0 Å². The molecule has 1 N–H and O–H groups in total. The van der Waals surface area contributed by atoms with Crippen LogP contribution in [0.4, 0.5) is 5.82 Å². The molecule has 0 amide bonds. The fourth-order valence-corrected chi connectivity index (χ4v) is 3.21. The molecule has 1 saturated carbocycles. The average Bonchev–Trinajstić information content (AvgIpc) is 3.41. The lowest BCUT2D eigenvalue weighted by atomic mass is 9.96. The summed E-state index contributed by atoms with van der Waals surface area (Å²) >= 11 is 0. The standard InChI is InChI=1S/C20H17N3/c21-13-15-5-4-8-18-17(15)9-12-22-19(18)23-14-20(10-11-20)16-6-2-1-3-7-16/h1-9,12H,10-11,14H2,(H,22,23). The molecule has 0 radical (unpaired) electrons. The first-order chi connectivity index (χ1) is 11.3. The van der Waals surface area contributed by atoms with Crippen LogP contribution in [0.2, 0.25) is 0 Å².